The lowest BCUT2D eigenvalue weighted by Gasteiger charge is -2.18. The highest BCUT2D eigenvalue weighted by Crippen LogP contribution is 2.44. The Morgan fingerprint density at radius 2 is 1.40 bits per heavy atom. The van der Waals surface area contributed by atoms with Crippen molar-refractivity contribution >= 4 is 0 Å². The van der Waals surface area contributed by atoms with Gasteiger partial charge in [0.05, 0.1) is 5.56 Å². The third-order valence-electron chi connectivity index (χ3n) is 2.40. The zero-order valence-corrected chi connectivity index (χ0v) is 9.66. The topological polar surface area (TPSA) is 14.2 Å². The lowest BCUT2D eigenvalue weighted by molar-refractivity contribution is -0.163. The average molecular weight is 295 g/mol. The molecule has 0 atom stereocenters. The smallest absolute Gasteiger partial charge is 0.375 e. The summed E-state index contributed by atoms with van der Waals surface area (Å²) in [4.78, 5) is 4.81. The van der Waals surface area contributed by atoms with Gasteiger partial charge >= 0.3 is 12.4 Å². The van der Waals surface area contributed by atoms with Crippen LogP contribution in [0.3, 0.4) is 0 Å². The number of benzene rings is 1. The fourth-order valence-electron chi connectivity index (χ4n) is 1.63. The first-order valence-electron chi connectivity index (χ1n) is 5.28. The lowest BCUT2D eigenvalue weighted by atomic mass is 10.1. The standard InChI is InChI=1S/C12H7F6NO/c13-11(14,15)8-4-3-5-9(10(8)12(16,17)18)20-19-6-1-2-7-19/h1-7H. The van der Waals surface area contributed by atoms with E-state index >= 15 is 0 Å². The van der Waals surface area contributed by atoms with Gasteiger partial charge in [0.25, 0.3) is 0 Å². The first kappa shape index (κ1) is 14.3. The van der Waals surface area contributed by atoms with E-state index < -0.39 is 29.2 Å². The van der Waals surface area contributed by atoms with Gasteiger partial charge in [0.15, 0.2) is 5.75 Å². The zero-order chi connectivity index (χ0) is 15.0. The SMILES string of the molecule is FC(F)(F)c1cccc(On2cccc2)c1C(F)(F)F. The van der Waals surface area contributed by atoms with Crippen molar-refractivity contribution in [3.8, 4) is 5.75 Å². The molecule has 0 saturated carbocycles. The van der Waals surface area contributed by atoms with E-state index in [0.29, 0.717) is 6.07 Å². The molecule has 0 spiro atoms. The van der Waals surface area contributed by atoms with Crippen molar-refractivity contribution in [2.75, 3.05) is 0 Å². The number of aromatic nitrogens is 1. The molecule has 0 aliphatic heterocycles. The molecule has 0 N–H and O–H groups in total. The van der Waals surface area contributed by atoms with E-state index in [-0.39, 0.29) is 0 Å². The number of hydrogen-bond donors (Lipinski definition) is 0. The van der Waals surface area contributed by atoms with Crippen LogP contribution in [0.15, 0.2) is 42.7 Å². The van der Waals surface area contributed by atoms with Gasteiger partial charge < -0.3 is 4.84 Å². The molecule has 0 fully saturated rings. The Bertz CT molecular complexity index is 585. The molecule has 2 rings (SSSR count). The first-order chi connectivity index (χ1) is 9.19. The van der Waals surface area contributed by atoms with E-state index in [2.05, 4.69) is 0 Å². The van der Waals surface area contributed by atoms with E-state index in [9.17, 15) is 26.3 Å². The Labute approximate surface area is 109 Å². The van der Waals surface area contributed by atoms with Crippen molar-refractivity contribution in [2.24, 2.45) is 0 Å². The Balaban J connectivity index is 2.57. The zero-order valence-electron chi connectivity index (χ0n) is 9.66. The minimum absolute atomic E-state index is 0.366. The number of alkyl halides is 6. The van der Waals surface area contributed by atoms with E-state index in [1.54, 1.807) is 0 Å². The van der Waals surface area contributed by atoms with Gasteiger partial charge in [-0.05, 0) is 24.3 Å². The normalized spacial score (nSPS) is 12.5. The maximum absolute atomic E-state index is 12.9. The van der Waals surface area contributed by atoms with E-state index in [1.165, 1.54) is 24.5 Å². The summed E-state index contributed by atoms with van der Waals surface area (Å²) in [5, 5.41) is 0. The average Bonchev–Trinajstić information content (AvgIpc) is 2.79. The number of nitrogens with zero attached hydrogens (tertiary/aromatic N) is 1. The second kappa shape index (κ2) is 4.77. The van der Waals surface area contributed by atoms with Crippen LogP contribution in [0, 0.1) is 0 Å². The Morgan fingerprint density at radius 1 is 0.800 bits per heavy atom. The molecule has 0 aliphatic carbocycles. The quantitative estimate of drug-likeness (QED) is 0.750. The van der Waals surface area contributed by atoms with Crippen LogP contribution in [0.1, 0.15) is 11.1 Å². The van der Waals surface area contributed by atoms with Crippen molar-refractivity contribution < 1.29 is 31.2 Å². The highest BCUT2D eigenvalue weighted by molar-refractivity contribution is 5.44. The fourth-order valence-corrected chi connectivity index (χ4v) is 1.63. The fraction of sp³-hybridized carbons (Fsp3) is 0.167. The minimum atomic E-state index is -5.19. The predicted molar refractivity (Wildman–Crippen MR) is 56.9 cm³/mol. The number of rotatable bonds is 2. The van der Waals surface area contributed by atoms with Gasteiger partial charge in [-0.15, -0.1) is 0 Å². The molecule has 1 aromatic carbocycles. The van der Waals surface area contributed by atoms with Crippen LogP contribution in [-0.2, 0) is 12.4 Å². The van der Waals surface area contributed by atoms with Gasteiger partial charge in [-0.1, -0.05) is 6.07 Å². The van der Waals surface area contributed by atoms with E-state index in [0.717, 1.165) is 16.9 Å². The summed E-state index contributed by atoms with van der Waals surface area (Å²) < 4.78 is 77.5. The molecule has 8 heteroatoms. The second-order valence-corrected chi connectivity index (χ2v) is 3.81. The molecule has 0 aliphatic rings. The third-order valence-corrected chi connectivity index (χ3v) is 2.40. The largest absolute Gasteiger partial charge is 0.420 e. The maximum Gasteiger partial charge on any atom is 0.420 e. The number of halogens is 6. The van der Waals surface area contributed by atoms with Gasteiger partial charge in [-0.3, -0.25) is 0 Å². The van der Waals surface area contributed by atoms with Gasteiger partial charge in [0, 0.05) is 12.4 Å². The van der Waals surface area contributed by atoms with E-state index in [4.69, 9.17) is 4.84 Å². The molecule has 108 valence electrons. The molecular weight excluding hydrogens is 288 g/mol. The molecule has 1 aromatic heterocycles. The molecule has 0 radical (unpaired) electrons. The van der Waals surface area contributed by atoms with Crippen molar-refractivity contribution in [1.29, 1.82) is 0 Å². The summed E-state index contributed by atoms with van der Waals surface area (Å²) in [5.41, 5.74) is -3.63. The summed E-state index contributed by atoms with van der Waals surface area (Å²) in [7, 11) is 0. The molecule has 2 nitrogen and oxygen atoms in total. The molecule has 2 aromatic rings. The Hall–Kier alpha value is -2.12. The summed E-state index contributed by atoms with van der Waals surface area (Å²) in [6.45, 7) is 0. The number of hydrogen-bond acceptors (Lipinski definition) is 1. The van der Waals surface area contributed by atoms with Crippen LogP contribution in [0.2, 0.25) is 0 Å². The van der Waals surface area contributed by atoms with Crippen molar-refractivity contribution in [1.82, 2.24) is 4.73 Å². The Kier molecular flexibility index (Phi) is 3.41. The third kappa shape index (κ3) is 2.89. The van der Waals surface area contributed by atoms with Crippen molar-refractivity contribution in [3.63, 3.8) is 0 Å². The van der Waals surface area contributed by atoms with Crippen molar-refractivity contribution in [2.45, 2.75) is 12.4 Å². The summed E-state index contributed by atoms with van der Waals surface area (Å²) >= 11 is 0. The molecule has 0 bridgehead atoms. The van der Waals surface area contributed by atoms with Crippen molar-refractivity contribution in [3.05, 3.63) is 53.9 Å². The summed E-state index contributed by atoms with van der Waals surface area (Å²) in [6, 6.07) is 4.97. The molecule has 0 unspecified atom stereocenters. The molecule has 0 amide bonds. The molecular formula is C12H7F6NO. The predicted octanol–water partition coefficient (Wildman–Crippen LogP) is 4.37. The van der Waals surface area contributed by atoms with Gasteiger partial charge in [0.1, 0.15) is 5.56 Å². The van der Waals surface area contributed by atoms with Crippen LogP contribution < -0.4 is 4.84 Å². The van der Waals surface area contributed by atoms with Crippen LogP contribution in [0.5, 0.6) is 5.75 Å². The minimum Gasteiger partial charge on any atom is -0.375 e. The highest BCUT2D eigenvalue weighted by atomic mass is 19.4. The van der Waals surface area contributed by atoms with Gasteiger partial charge in [0.2, 0.25) is 0 Å². The molecule has 1 heterocycles. The maximum atomic E-state index is 12.9. The highest BCUT2D eigenvalue weighted by Gasteiger charge is 2.45. The molecule has 20 heavy (non-hydrogen) atoms. The molecule has 0 saturated heterocycles. The van der Waals surface area contributed by atoms with Crippen LogP contribution in [-0.4, -0.2) is 4.73 Å². The van der Waals surface area contributed by atoms with Gasteiger partial charge in [-0.25, -0.2) is 0 Å². The van der Waals surface area contributed by atoms with Crippen LogP contribution in [0.25, 0.3) is 0 Å². The summed E-state index contributed by atoms with van der Waals surface area (Å²) in [6.07, 6.45) is -7.78. The second-order valence-electron chi connectivity index (χ2n) is 3.81. The van der Waals surface area contributed by atoms with Crippen LogP contribution in [0.4, 0.5) is 26.3 Å². The summed E-state index contributed by atoms with van der Waals surface area (Å²) in [5.74, 6) is -0.913. The lowest BCUT2D eigenvalue weighted by Crippen LogP contribution is -2.19. The first-order valence-corrected chi connectivity index (χ1v) is 5.28. The van der Waals surface area contributed by atoms with Gasteiger partial charge in [-0.2, -0.15) is 31.1 Å². The Morgan fingerprint density at radius 3 is 1.90 bits per heavy atom. The van der Waals surface area contributed by atoms with E-state index in [1.807, 2.05) is 0 Å². The monoisotopic (exact) mass is 295 g/mol. The van der Waals surface area contributed by atoms with Crippen LogP contribution >= 0.6 is 0 Å².